The minimum atomic E-state index is -0.906. The molecule has 0 aliphatic rings. The van der Waals surface area contributed by atoms with E-state index >= 15 is 0 Å². The van der Waals surface area contributed by atoms with E-state index in [4.69, 9.17) is 9.52 Å². The lowest BCUT2D eigenvalue weighted by Gasteiger charge is -1.96. The number of aryl methyl sites for hydroxylation is 2. The van der Waals surface area contributed by atoms with Crippen LogP contribution in [0.25, 0.3) is 11.3 Å². The molecule has 0 aliphatic carbocycles. The molecule has 0 fully saturated rings. The summed E-state index contributed by atoms with van der Waals surface area (Å²) in [6, 6.07) is 7.53. The fourth-order valence-corrected chi connectivity index (χ4v) is 4.59. The van der Waals surface area contributed by atoms with E-state index in [0.717, 1.165) is 0 Å². The number of aliphatic carboxylic acids is 1. The molecule has 0 saturated heterocycles. The van der Waals surface area contributed by atoms with Gasteiger partial charge in [-0.1, -0.05) is 11.8 Å². The van der Waals surface area contributed by atoms with Gasteiger partial charge in [-0.3, -0.25) is 9.59 Å². The predicted octanol–water partition coefficient (Wildman–Crippen LogP) is 4.76. The van der Waals surface area contributed by atoms with Gasteiger partial charge >= 0.3 is 5.97 Å². The Hall–Kier alpha value is -2.45. The number of Topliss-reactive ketones (excluding diaryl/α,β-unsaturated/α-hetero) is 1. The Labute approximate surface area is 163 Å². The van der Waals surface area contributed by atoms with Gasteiger partial charge in [0.1, 0.15) is 17.3 Å². The van der Waals surface area contributed by atoms with Crippen LogP contribution in [0, 0.1) is 19.7 Å². The first-order valence-electron chi connectivity index (χ1n) is 8.04. The molecule has 2 aromatic heterocycles. The maximum absolute atomic E-state index is 13.1. The SMILES string of the molecule is Cc1nc(SCC(=O)c2cc(-c3ccc(F)cc3)oc2C)sc1CC(=O)O. The summed E-state index contributed by atoms with van der Waals surface area (Å²) in [6.45, 7) is 3.47. The number of rotatable bonds is 7. The Morgan fingerprint density at radius 3 is 2.63 bits per heavy atom. The zero-order chi connectivity index (χ0) is 19.6. The Morgan fingerprint density at radius 1 is 1.26 bits per heavy atom. The number of halogens is 1. The van der Waals surface area contributed by atoms with E-state index in [1.54, 1.807) is 32.0 Å². The van der Waals surface area contributed by atoms with Crippen molar-refractivity contribution < 1.29 is 23.5 Å². The highest BCUT2D eigenvalue weighted by molar-refractivity contribution is 8.01. The van der Waals surface area contributed by atoms with Gasteiger partial charge < -0.3 is 9.52 Å². The molecule has 1 N–H and O–H groups in total. The van der Waals surface area contributed by atoms with E-state index in [-0.39, 0.29) is 23.8 Å². The molecule has 3 rings (SSSR count). The largest absolute Gasteiger partial charge is 0.481 e. The lowest BCUT2D eigenvalue weighted by atomic mass is 10.1. The van der Waals surface area contributed by atoms with Crippen molar-refractivity contribution in [1.29, 1.82) is 0 Å². The Morgan fingerprint density at radius 2 is 1.96 bits per heavy atom. The summed E-state index contributed by atoms with van der Waals surface area (Å²) in [6.07, 6.45) is -0.0696. The number of thiazole rings is 1. The molecular weight excluding hydrogens is 389 g/mol. The zero-order valence-electron chi connectivity index (χ0n) is 14.6. The highest BCUT2D eigenvalue weighted by Gasteiger charge is 2.18. The molecule has 0 spiro atoms. The number of aromatic nitrogens is 1. The van der Waals surface area contributed by atoms with E-state index in [9.17, 15) is 14.0 Å². The van der Waals surface area contributed by atoms with Gasteiger partial charge in [-0.25, -0.2) is 9.37 Å². The van der Waals surface area contributed by atoms with Crippen LogP contribution in [0.5, 0.6) is 0 Å². The van der Waals surface area contributed by atoms with Crippen LogP contribution >= 0.6 is 23.1 Å². The maximum atomic E-state index is 13.1. The lowest BCUT2D eigenvalue weighted by Crippen LogP contribution is -2.02. The van der Waals surface area contributed by atoms with Gasteiger partial charge in [-0.2, -0.15) is 0 Å². The van der Waals surface area contributed by atoms with Gasteiger partial charge in [-0.15, -0.1) is 11.3 Å². The number of carbonyl (C=O) groups is 2. The highest BCUT2D eigenvalue weighted by Crippen LogP contribution is 2.30. The van der Waals surface area contributed by atoms with Crippen LogP contribution in [-0.4, -0.2) is 27.6 Å². The standard InChI is InChI=1S/C19H16FNO4S2/c1-10-17(8-18(23)24)27-19(21-10)26-9-15(22)14-7-16(25-11(14)2)12-3-5-13(20)6-4-12/h3-7H,8-9H2,1-2H3,(H,23,24). The first kappa shape index (κ1) is 19.3. The molecule has 0 atom stereocenters. The van der Waals surface area contributed by atoms with Crippen LogP contribution < -0.4 is 0 Å². The van der Waals surface area contributed by atoms with Crippen LogP contribution in [0.4, 0.5) is 4.39 Å². The summed E-state index contributed by atoms with van der Waals surface area (Å²) in [4.78, 5) is 28.4. The van der Waals surface area contributed by atoms with Crippen molar-refractivity contribution in [3.63, 3.8) is 0 Å². The lowest BCUT2D eigenvalue weighted by molar-refractivity contribution is -0.136. The maximum Gasteiger partial charge on any atom is 0.308 e. The predicted molar refractivity (Wildman–Crippen MR) is 102 cm³/mol. The topological polar surface area (TPSA) is 80.4 Å². The second kappa shape index (κ2) is 8.06. The fourth-order valence-electron chi connectivity index (χ4n) is 2.48. The van der Waals surface area contributed by atoms with Gasteiger partial charge in [0.05, 0.1) is 23.4 Å². The molecular formula is C19H16FNO4S2. The van der Waals surface area contributed by atoms with E-state index in [1.165, 1.54) is 35.2 Å². The van der Waals surface area contributed by atoms with E-state index in [0.29, 0.717) is 37.6 Å². The Balaban J connectivity index is 1.70. The highest BCUT2D eigenvalue weighted by atomic mass is 32.2. The monoisotopic (exact) mass is 405 g/mol. The number of nitrogens with zero attached hydrogens (tertiary/aromatic N) is 1. The normalized spacial score (nSPS) is 10.9. The van der Waals surface area contributed by atoms with Gasteiger partial charge in [0.15, 0.2) is 10.1 Å². The van der Waals surface area contributed by atoms with Gasteiger partial charge in [0, 0.05) is 10.4 Å². The van der Waals surface area contributed by atoms with Crippen molar-refractivity contribution in [2.24, 2.45) is 0 Å². The zero-order valence-corrected chi connectivity index (χ0v) is 16.2. The third-order valence-electron chi connectivity index (χ3n) is 3.86. The average molecular weight is 405 g/mol. The Kier molecular flexibility index (Phi) is 5.76. The molecule has 0 unspecified atom stereocenters. The molecule has 27 heavy (non-hydrogen) atoms. The number of furan rings is 1. The number of benzene rings is 1. The third-order valence-corrected chi connectivity index (χ3v) is 6.16. The van der Waals surface area contributed by atoms with Crippen molar-refractivity contribution in [2.75, 3.05) is 5.75 Å². The number of thioether (sulfide) groups is 1. The summed E-state index contributed by atoms with van der Waals surface area (Å²) < 4.78 is 19.4. The molecule has 5 nitrogen and oxygen atoms in total. The summed E-state index contributed by atoms with van der Waals surface area (Å²) >= 11 is 2.57. The quantitative estimate of drug-likeness (QED) is 0.451. The number of ketones is 1. The first-order valence-corrected chi connectivity index (χ1v) is 9.84. The van der Waals surface area contributed by atoms with Gasteiger partial charge in [-0.05, 0) is 44.2 Å². The molecule has 140 valence electrons. The summed E-state index contributed by atoms with van der Waals surface area (Å²) in [5.74, 6) is -0.172. The van der Waals surface area contributed by atoms with Crippen LogP contribution in [0.3, 0.4) is 0 Å². The molecule has 0 bridgehead atoms. The number of carboxylic acids is 1. The molecule has 0 aliphatic heterocycles. The Bertz CT molecular complexity index is 992. The molecule has 0 amide bonds. The molecule has 3 aromatic rings. The number of carboxylic acid groups (broad SMARTS) is 1. The van der Waals surface area contributed by atoms with Crippen molar-refractivity contribution in [3.8, 4) is 11.3 Å². The molecule has 2 heterocycles. The molecule has 0 radical (unpaired) electrons. The second-order valence-corrected chi connectivity index (χ2v) is 8.16. The summed E-state index contributed by atoms with van der Waals surface area (Å²) in [5, 5.41) is 8.90. The second-order valence-electron chi connectivity index (χ2n) is 5.86. The number of carbonyl (C=O) groups excluding carboxylic acids is 1. The van der Waals surface area contributed by atoms with E-state index < -0.39 is 5.97 Å². The van der Waals surface area contributed by atoms with Crippen molar-refractivity contribution in [2.45, 2.75) is 24.6 Å². The molecule has 1 aromatic carbocycles. The van der Waals surface area contributed by atoms with E-state index in [1.807, 2.05) is 0 Å². The van der Waals surface area contributed by atoms with Gasteiger partial charge in [0.2, 0.25) is 0 Å². The molecule has 0 saturated carbocycles. The van der Waals surface area contributed by atoms with Crippen LogP contribution in [0.2, 0.25) is 0 Å². The fraction of sp³-hybridized carbons (Fsp3) is 0.211. The summed E-state index contributed by atoms with van der Waals surface area (Å²) in [7, 11) is 0. The number of hydrogen-bond acceptors (Lipinski definition) is 6. The smallest absolute Gasteiger partial charge is 0.308 e. The third kappa shape index (κ3) is 4.64. The first-order chi connectivity index (χ1) is 12.8. The van der Waals surface area contributed by atoms with Crippen molar-refractivity contribution in [1.82, 2.24) is 4.98 Å². The van der Waals surface area contributed by atoms with E-state index in [2.05, 4.69) is 4.98 Å². The number of hydrogen-bond donors (Lipinski definition) is 1. The summed E-state index contributed by atoms with van der Waals surface area (Å²) in [5.41, 5.74) is 1.84. The van der Waals surface area contributed by atoms with Crippen LogP contribution in [0.1, 0.15) is 26.7 Å². The average Bonchev–Trinajstić information content (AvgIpc) is 3.16. The minimum absolute atomic E-state index is 0.0696. The minimum Gasteiger partial charge on any atom is -0.481 e. The van der Waals surface area contributed by atoms with Crippen LogP contribution in [0.15, 0.2) is 39.1 Å². The molecule has 8 heteroatoms. The van der Waals surface area contributed by atoms with Crippen molar-refractivity contribution >= 4 is 34.9 Å². The van der Waals surface area contributed by atoms with Crippen molar-refractivity contribution in [3.05, 3.63) is 58.0 Å². The van der Waals surface area contributed by atoms with Crippen LogP contribution in [-0.2, 0) is 11.2 Å². The van der Waals surface area contributed by atoms with Gasteiger partial charge in [0.25, 0.3) is 0 Å².